The molecule has 1 aromatic rings. The van der Waals surface area contributed by atoms with Crippen molar-refractivity contribution in [3.63, 3.8) is 0 Å². The van der Waals surface area contributed by atoms with Crippen molar-refractivity contribution in [2.24, 2.45) is 0 Å². The summed E-state index contributed by atoms with van der Waals surface area (Å²) in [6.07, 6.45) is -0.514. The molecule has 0 spiro atoms. The van der Waals surface area contributed by atoms with Gasteiger partial charge in [0, 0.05) is 26.1 Å². The Balaban J connectivity index is 0.00000338. The molecule has 1 saturated heterocycles. The number of nitrogens with one attached hydrogen (secondary N) is 2. The number of alkyl halides is 2. The first-order valence-corrected chi connectivity index (χ1v) is 9.61. The highest BCUT2D eigenvalue weighted by Gasteiger charge is 2.42. The lowest BCUT2D eigenvalue weighted by molar-refractivity contribution is -0.123. The molecule has 0 aromatic heterocycles. The van der Waals surface area contributed by atoms with E-state index < -0.39 is 40.9 Å². The fraction of sp³-hybridized carbons (Fsp3) is 0.562. The normalized spacial score (nSPS) is 19.2. The molecule has 1 aromatic carbocycles. The molecule has 0 saturated carbocycles. The van der Waals surface area contributed by atoms with E-state index in [1.807, 2.05) is 0 Å². The molecule has 2 N–H and O–H groups in total. The van der Waals surface area contributed by atoms with Crippen molar-refractivity contribution >= 4 is 28.3 Å². The van der Waals surface area contributed by atoms with Gasteiger partial charge in [-0.3, -0.25) is 10.1 Å². The van der Waals surface area contributed by atoms with Gasteiger partial charge in [0.25, 0.3) is 5.92 Å². The molecule has 1 aliphatic rings. The minimum absolute atomic E-state index is 0. The van der Waals surface area contributed by atoms with Gasteiger partial charge in [0.15, 0.2) is 0 Å². The average Bonchev–Trinajstić information content (AvgIpc) is 2.94. The smallest absolute Gasteiger partial charge is 0.262 e. The van der Waals surface area contributed by atoms with Gasteiger partial charge in [-0.15, -0.1) is 12.4 Å². The van der Waals surface area contributed by atoms with Crippen molar-refractivity contribution in [3.8, 4) is 0 Å². The summed E-state index contributed by atoms with van der Waals surface area (Å²) < 4.78 is 52.3. The maximum atomic E-state index is 13.1. The van der Waals surface area contributed by atoms with Crippen LogP contribution in [0.1, 0.15) is 25.8 Å². The number of halogens is 3. The van der Waals surface area contributed by atoms with Crippen LogP contribution in [0, 0.1) is 0 Å². The van der Waals surface area contributed by atoms with Gasteiger partial charge in [-0.25, -0.2) is 17.2 Å². The summed E-state index contributed by atoms with van der Waals surface area (Å²) in [5, 5.41) is 5.08. The van der Waals surface area contributed by atoms with Gasteiger partial charge < -0.3 is 5.32 Å². The highest BCUT2D eigenvalue weighted by molar-refractivity contribution is 7.89. The molecule has 1 aliphatic heterocycles. The number of nitrogens with zero attached hydrogens (tertiary/aromatic N) is 1. The number of amides is 1. The predicted molar refractivity (Wildman–Crippen MR) is 97.0 cm³/mol. The Kier molecular flexibility index (Phi) is 7.94. The first kappa shape index (κ1) is 22.8. The minimum Gasteiger partial charge on any atom is -0.351 e. The maximum Gasteiger partial charge on any atom is 0.262 e. The van der Waals surface area contributed by atoms with Gasteiger partial charge in [0.1, 0.15) is 0 Å². The van der Waals surface area contributed by atoms with Gasteiger partial charge >= 0.3 is 0 Å². The number of sulfonamides is 1. The summed E-state index contributed by atoms with van der Waals surface area (Å²) in [6.45, 7) is 3.96. The summed E-state index contributed by atoms with van der Waals surface area (Å²) in [5.74, 6) is -3.35. The van der Waals surface area contributed by atoms with Gasteiger partial charge in [0.05, 0.1) is 17.5 Å². The molecule has 1 amide bonds. The third kappa shape index (κ3) is 5.35. The standard InChI is InChI=1S/C16H23F2N3O3S.ClH/c1-3-21(4-2)25(23,24)13-7-5-12(6-8-13)10-19-15(22)14-9-16(17,18)11-20-14;/h5-8,14,20H,3-4,9-11H2,1-2H3,(H,19,22);1H. The fourth-order valence-electron chi connectivity index (χ4n) is 2.71. The van der Waals surface area contributed by atoms with Gasteiger partial charge in [-0.1, -0.05) is 26.0 Å². The Morgan fingerprint density at radius 1 is 1.27 bits per heavy atom. The molecule has 1 atom stereocenters. The van der Waals surface area contributed by atoms with Crippen LogP contribution >= 0.6 is 12.4 Å². The van der Waals surface area contributed by atoms with E-state index in [1.165, 1.54) is 16.4 Å². The molecule has 1 fully saturated rings. The summed E-state index contributed by atoms with van der Waals surface area (Å²) in [5.41, 5.74) is 0.691. The van der Waals surface area contributed by atoms with Crippen LogP contribution in [-0.4, -0.2) is 50.2 Å². The number of carbonyl (C=O) groups excluding carboxylic acids is 1. The molecule has 148 valence electrons. The SMILES string of the molecule is CCN(CC)S(=O)(=O)c1ccc(CNC(=O)C2CC(F)(F)CN2)cc1.Cl. The predicted octanol–water partition coefficient (Wildman–Crippen LogP) is 1.75. The Bertz CT molecular complexity index is 710. The van der Waals surface area contributed by atoms with Crippen molar-refractivity contribution in [2.45, 2.75) is 43.7 Å². The Morgan fingerprint density at radius 3 is 2.31 bits per heavy atom. The number of benzene rings is 1. The molecule has 10 heteroatoms. The van der Waals surface area contributed by atoms with E-state index in [2.05, 4.69) is 10.6 Å². The summed E-state index contributed by atoms with van der Waals surface area (Å²) in [6, 6.07) is 5.27. The second-order valence-corrected chi connectivity index (χ2v) is 7.88. The second kappa shape index (κ2) is 9.07. The van der Waals surface area contributed by atoms with Gasteiger partial charge in [0.2, 0.25) is 15.9 Å². The maximum absolute atomic E-state index is 13.1. The molecule has 0 radical (unpaired) electrons. The minimum atomic E-state index is -3.52. The van der Waals surface area contributed by atoms with Crippen molar-refractivity contribution in [3.05, 3.63) is 29.8 Å². The molecule has 1 unspecified atom stereocenters. The highest BCUT2D eigenvalue weighted by atomic mass is 35.5. The number of hydrogen-bond donors (Lipinski definition) is 2. The zero-order valence-corrected chi connectivity index (χ0v) is 16.3. The Labute approximate surface area is 158 Å². The van der Waals surface area contributed by atoms with Crippen LogP contribution in [0.4, 0.5) is 8.78 Å². The third-order valence-electron chi connectivity index (χ3n) is 4.16. The molecule has 26 heavy (non-hydrogen) atoms. The van der Waals surface area contributed by atoms with Gasteiger partial charge in [-0.2, -0.15) is 4.31 Å². The van der Waals surface area contributed by atoms with Crippen LogP contribution in [-0.2, 0) is 21.4 Å². The Morgan fingerprint density at radius 2 is 1.85 bits per heavy atom. The summed E-state index contributed by atoms with van der Waals surface area (Å²) in [7, 11) is -3.52. The van der Waals surface area contributed by atoms with E-state index in [0.717, 1.165) is 0 Å². The summed E-state index contributed by atoms with van der Waals surface area (Å²) >= 11 is 0. The van der Waals surface area contributed by atoms with Crippen LogP contribution in [0.15, 0.2) is 29.2 Å². The van der Waals surface area contributed by atoms with Gasteiger partial charge in [-0.05, 0) is 17.7 Å². The van der Waals surface area contributed by atoms with Crippen molar-refractivity contribution in [1.82, 2.24) is 14.9 Å². The molecule has 1 heterocycles. The van der Waals surface area contributed by atoms with E-state index in [4.69, 9.17) is 0 Å². The molecular formula is C16H24ClF2N3O3S. The van der Waals surface area contributed by atoms with E-state index in [1.54, 1.807) is 26.0 Å². The molecule has 0 bridgehead atoms. The van der Waals surface area contributed by atoms with Crippen molar-refractivity contribution in [2.75, 3.05) is 19.6 Å². The lowest BCUT2D eigenvalue weighted by Crippen LogP contribution is -2.40. The quantitative estimate of drug-likeness (QED) is 0.716. The van der Waals surface area contributed by atoms with Crippen LogP contribution in [0.5, 0.6) is 0 Å². The van der Waals surface area contributed by atoms with E-state index in [9.17, 15) is 22.0 Å². The largest absolute Gasteiger partial charge is 0.351 e. The van der Waals surface area contributed by atoms with E-state index in [0.29, 0.717) is 18.7 Å². The van der Waals surface area contributed by atoms with Crippen LogP contribution in [0.3, 0.4) is 0 Å². The lowest BCUT2D eigenvalue weighted by Gasteiger charge is -2.18. The number of carbonyl (C=O) groups is 1. The van der Waals surface area contributed by atoms with Crippen LogP contribution in [0.25, 0.3) is 0 Å². The first-order chi connectivity index (χ1) is 11.7. The van der Waals surface area contributed by atoms with Crippen molar-refractivity contribution in [1.29, 1.82) is 0 Å². The Hall–Kier alpha value is -1.29. The average molecular weight is 412 g/mol. The fourth-order valence-corrected chi connectivity index (χ4v) is 4.16. The van der Waals surface area contributed by atoms with E-state index in [-0.39, 0.29) is 23.8 Å². The zero-order chi connectivity index (χ0) is 18.7. The number of hydrogen-bond acceptors (Lipinski definition) is 4. The number of rotatable bonds is 7. The lowest BCUT2D eigenvalue weighted by atomic mass is 10.1. The van der Waals surface area contributed by atoms with Crippen LogP contribution < -0.4 is 10.6 Å². The zero-order valence-electron chi connectivity index (χ0n) is 14.7. The second-order valence-electron chi connectivity index (χ2n) is 5.94. The highest BCUT2D eigenvalue weighted by Crippen LogP contribution is 2.25. The molecular weight excluding hydrogens is 388 g/mol. The third-order valence-corrected chi connectivity index (χ3v) is 6.22. The molecule has 6 nitrogen and oxygen atoms in total. The first-order valence-electron chi connectivity index (χ1n) is 8.17. The topological polar surface area (TPSA) is 78.5 Å². The molecule has 0 aliphatic carbocycles. The van der Waals surface area contributed by atoms with Crippen LogP contribution in [0.2, 0.25) is 0 Å². The molecule has 2 rings (SSSR count). The summed E-state index contributed by atoms with van der Waals surface area (Å²) in [4.78, 5) is 12.1. The van der Waals surface area contributed by atoms with Crippen molar-refractivity contribution < 1.29 is 22.0 Å². The monoisotopic (exact) mass is 411 g/mol. The van der Waals surface area contributed by atoms with E-state index >= 15 is 0 Å².